The van der Waals surface area contributed by atoms with Crippen molar-refractivity contribution in [2.24, 2.45) is 0 Å². The molecule has 0 atom stereocenters. The number of hydrogen-bond donors (Lipinski definition) is 0. The number of rotatable bonds is 0. The predicted octanol–water partition coefficient (Wildman–Crippen LogP) is 4.23. The van der Waals surface area contributed by atoms with E-state index in [1.807, 2.05) is 0 Å². The molecule has 0 spiro atoms. The lowest BCUT2D eigenvalue weighted by molar-refractivity contribution is 0.0144. The Morgan fingerprint density at radius 3 is 1.76 bits per heavy atom. The number of alkyl halides is 2. The van der Waals surface area contributed by atoms with E-state index in [0.29, 0.717) is 0 Å². The van der Waals surface area contributed by atoms with Crippen molar-refractivity contribution in [2.45, 2.75) is 5.92 Å². The van der Waals surface area contributed by atoms with Crippen LogP contribution >= 0.6 is 11.6 Å². The number of halogens is 8. The fourth-order valence-corrected chi connectivity index (χ4v) is 1.79. The van der Waals surface area contributed by atoms with Crippen LogP contribution in [0.15, 0.2) is 5.83 Å². The van der Waals surface area contributed by atoms with Gasteiger partial charge in [0, 0.05) is 5.56 Å². The van der Waals surface area contributed by atoms with E-state index in [1.54, 1.807) is 0 Å². The van der Waals surface area contributed by atoms with Crippen LogP contribution in [-0.2, 0) is 5.92 Å². The molecule has 0 saturated carbocycles. The molecule has 0 N–H and O–H groups in total. The van der Waals surface area contributed by atoms with Crippen LogP contribution in [0.4, 0.5) is 30.7 Å². The molecule has 0 amide bonds. The highest BCUT2D eigenvalue weighted by Gasteiger charge is 2.52. The molecule has 1 aromatic carbocycles. The number of allylic oxidation sites excluding steroid dienone is 1. The van der Waals surface area contributed by atoms with E-state index in [-0.39, 0.29) is 0 Å². The Balaban J connectivity index is 2.96. The molecule has 0 aliphatic heterocycles. The summed E-state index contributed by atoms with van der Waals surface area (Å²) in [4.78, 5) is 0. The van der Waals surface area contributed by atoms with E-state index in [0.717, 1.165) is 0 Å². The molecular weight excluding hydrogens is 277 g/mol. The smallest absolute Gasteiger partial charge is 0.203 e. The average molecular weight is 277 g/mol. The molecular formula is C9ClF7. The average Bonchev–Trinajstić information content (AvgIpc) is 2.44. The summed E-state index contributed by atoms with van der Waals surface area (Å²) in [5.41, 5.74) is -3.43. The highest BCUT2D eigenvalue weighted by Crippen LogP contribution is 2.53. The zero-order valence-electron chi connectivity index (χ0n) is 7.52. The van der Waals surface area contributed by atoms with Crippen LogP contribution in [0.1, 0.15) is 11.1 Å². The predicted molar refractivity (Wildman–Crippen MR) is 44.0 cm³/mol. The van der Waals surface area contributed by atoms with E-state index in [2.05, 4.69) is 0 Å². The summed E-state index contributed by atoms with van der Waals surface area (Å²) in [6, 6.07) is 0. The van der Waals surface area contributed by atoms with E-state index in [4.69, 9.17) is 11.6 Å². The molecule has 0 unspecified atom stereocenters. The van der Waals surface area contributed by atoms with Crippen molar-refractivity contribution in [1.82, 2.24) is 0 Å². The molecule has 1 aliphatic rings. The van der Waals surface area contributed by atoms with E-state index in [1.165, 1.54) is 0 Å². The van der Waals surface area contributed by atoms with E-state index in [9.17, 15) is 30.7 Å². The maximum atomic E-state index is 13.1. The van der Waals surface area contributed by atoms with Crippen LogP contribution in [0, 0.1) is 23.3 Å². The van der Waals surface area contributed by atoms with E-state index < -0.39 is 51.2 Å². The number of fused-ring (bicyclic) bond motifs is 1. The van der Waals surface area contributed by atoms with Gasteiger partial charge in [0.2, 0.25) is 0 Å². The Hall–Kier alpha value is -1.24. The van der Waals surface area contributed by atoms with Gasteiger partial charge < -0.3 is 0 Å². The Morgan fingerprint density at radius 1 is 0.765 bits per heavy atom. The summed E-state index contributed by atoms with van der Waals surface area (Å²) >= 11 is 5.01. The van der Waals surface area contributed by atoms with Crippen molar-refractivity contribution >= 4 is 16.6 Å². The number of hydrogen-bond acceptors (Lipinski definition) is 0. The molecule has 0 aromatic heterocycles. The Labute approximate surface area is 94.3 Å². The van der Waals surface area contributed by atoms with Gasteiger partial charge in [0.05, 0.1) is 10.6 Å². The van der Waals surface area contributed by atoms with Gasteiger partial charge in [-0.05, 0) is 0 Å². The van der Waals surface area contributed by atoms with Crippen molar-refractivity contribution in [1.29, 1.82) is 0 Å². The molecule has 0 nitrogen and oxygen atoms in total. The van der Waals surface area contributed by atoms with Crippen LogP contribution in [-0.4, -0.2) is 0 Å². The lowest BCUT2D eigenvalue weighted by atomic mass is 10.1. The molecule has 0 saturated heterocycles. The largest absolute Gasteiger partial charge is 0.329 e. The number of benzene rings is 1. The van der Waals surface area contributed by atoms with Gasteiger partial charge in [-0.2, -0.15) is 8.78 Å². The van der Waals surface area contributed by atoms with Gasteiger partial charge in [-0.15, -0.1) is 0 Å². The molecule has 0 bridgehead atoms. The molecule has 17 heavy (non-hydrogen) atoms. The van der Waals surface area contributed by atoms with Gasteiger partial charge in [0.1, 0.15) is 0 Å². The Bertz CT molecular complexity index is 561. The van der Waals surface area contributed by atoms with Crippen molar-refractivity contribution in [3.05, 3.63) is 40.2 Å². The topological polar surface area (TPSA) is 0 Å². The fourth-order valence-electron chi connectivity index (χ4n) is 1.49. The van der Waals surface area contributed by atoms with Crippen LogP contribution in [0.3, 0.4) is 0 Å². The quantitative estimate of drug-likeness (QED) is 0.378. The maximum Gasteiger partial charge on any atom is 0.329 e. The molecule has 2 rings (SSSR count). The summed E-state index contributed by atoms with van der Waals surface area (Å²) in [5.74, 6) is -16.3. The third-order valence-corrected chi connectivity index (χ3v) is 2.62. The zero-order valence-corrected chi connectivity index (χ0v) is 8.28. The monoisotopic (exact) mass is 276 g/mol. The summed E-state index contributed by atoms with van der Waals surface area (Å²) in [7, 11) is 0. The third kappa shape index (κ3) is 1.31. The Morgan fingerprint density at radius 2 is 1.24 bits per heavy atom. The minimum Gasteiger partial charge on any atom is -0.203 e. The first-order valence-electron chi connectivity index (χ1n) is 4.01. The maximum absolute atomic E-state index is 13.1. The minimum atomic E-state index is -4.62. The van der Waals surface area contributed by atoms with Crippen molar-refractivity contribution in [3.63, 3.8) is 0 Å². The fraction of sp³-hybridized carbons (Fsp3) is 0.111. The van der Waals surface area contributed by atoms with Gasteiger partial charge in [0.25, 0.3) is 0 Å². The summed E-state index contributed by atoms with van der Waals surface area (Å²) in [6.07, 6.45) is 0. The van der Waals surface area contributed by atoms with Gasteiger partial charge in [0.15, 0.2) is 29.1 Å². The Kier molecular flexibility index (Phi) is 2.43. The summed E-state index contributed by atoms with van der Waals surface area (Å²) < 4.78 is 90.9. The first kappa shape index (κ1) is 12.2. The molecule has 8 heteroatoms. The zero-order chi connectivity index (χ0) is 13.1. The van der Waals surface area contributed by atoms with Gasteiger partial charge in [-0.1, -0.05) is 11.6 Å². The van der Waals surface area contributed by atoms with Gasteiger partial charge in [-0.3, -0.25) is 0 Å². The lowest BCUT2D eigenvalue weighted by Gasteiger charge is -2.12. The van der Waals surface area contributed by atoms with Gasteiger partial charge >= 0.3 is 5.92 Å². The minimum absolute atomic E-state index is 1.47. The second-order valence-electron chi connectivity index (χ2n) is 3.21. The van der Waals surface area contributed by atoms with Crippen LogP contribution in [0.25, 0.3) is 5.03 Å². The van der Waals surface area contributed by atoms with Crippen molar-refractivity contribution in [3.8, 4) is 0 Å². The molecule has 92 valence electrons. The lowest BCUT2D eigenvalue weighted by Crippen LogP contribution is -2.16. The van der Waals surface area contributed by atoms with Gasteiger partial charge in [-0.25, -0.2) is 22.0 Å². The third-order valence-electron chi connectivity index (χ3n) is 2.27. The first-order valence-corrected chi connectivity index (χ1v) is 4.39. The first-order chi connectivity index (χ1) is 7.71. The normalized spacial score (nSPS) is 17.6. The van der Waals surface area contributed by atoms with Crippen LogP contribution in [0.2, 0.25) is 0 Å². The molecule has 0 fully saturated rings. The SMILES string of the molecule is FC1=C(Cl)c2c(F)c(F)c(F)c(F)c2C1(F)F. The molecule has 0 radical (unpaired) electrons. The summed E-state index contributed by atoms with van der Waals surface area (Å²) in [6.45, 7) is 0. The van der Waals surface area contributed by atoms with E-state index >= 15 is 0 Å². The standard InChI is InChI=1S/C9ClF7/c10-3-1-2(9(16,17)8(3)15)5(12)7(14)6(13)4(1)11. The second-order valence-corrected chi connectivity index (χ2v) is 3.59. The van der Waals surface area contributed by atoms with Crippen molar-refractivity contribution < 1.29 is 30.7 Å². The summed E-state index contributed by atoms with van der Waals surface area (Å²) in [5, 5.41) is -1.47. The highest BCUT2D eigenvalue weighted by molar-refractivity contribution is 6.50. The second kappa shape index (κ2) is 3.38. The van der Waals surface area contributed by atoms with Crippen LogP contribution in [0.5, 0.6) is 0 Å². The van der Waals surface area contributed by atoms with Crippen molar-refractivity contribution in [2.75, 3.05) is 0 Å². The molecule has 0 heterocycles. The molecule has 1 aromatic rings. The van der Waals surface area contributed by atoms with Crippen LogP contribution < -0.4 is 0 Å². The molecule has 1 aliphatic carbocycles. The highest BCUT2D eigenvalue weighted by atomic mass is 35.5.